The molecule has 4 heteroatoms. The lowest BCUT2D eigenvalue weighted by molar-refractivity contribution is 0.157. The molecule has 0 aliphatic carbocycles. The van der Waals surface area contributed by atoms with Crippen molar-refractivity contribution in [1.82, 2.24) is 0 Å². The zero-order chi connectivity index (χ0) is 12.9. The molecule has 17 heavy (non-hydrogen) atoms. The molecule has 0 saturated heterocycles. The first-order valence-electron chi connectivity index (χ1n) is 5.70. The Hall–Kier alpha value is 0.460. The maximum Gasteiger partial charge on any atom is 0.133 e. The minimum Gasteiger partial charge on any atom is -0.492 e. The molecule has 0 spiro atoms. The van der Waals surface area contributed by atoms with Crippen LogP contribution in [0.15, 0.2) is 27.1 Å². The zero-order valence-electron chi connectivity index (χ0n) is 10.1. The summed E-state index contributed by atoms with van der Waals surface area (Å²) < 4.78 is 7.97. The molecular formula is C13H17Br3O. The van der Waals surface area contributed by atoms with E-state index < -0.39 is 0 Å². The highest BCUT2D eigenvalue weighted by Crippen LogP contribution is 2.33. The van der Waals surface area contributed by atoms with E-state index in [4.69, 9.17) is 4.74 Å². The summed E-state index contributed by atoms with van der Waals surface area (Å²) in [5, 5.41) is 0.973. The molecule has 0 radical (unpaired) electrons. The molecule has 0 aromatic heterocycles. The average Bonchev–Trinajstić information content (AvgIpc) is 2.33. The van der Waals surface area contributed by atoms with E-state index in [0.29, 0.717) is 0 Å². The van der Waals surface area contributed by atoms with Crippen LogP contribution in [-0.2, 0) is 0 Å². The van der Waals surface area contributed by atoms with Crippen LogP contribution in [0.3, 0.4) is 0 Å². The Morgan fingerprint density at radius 2 is 1.82 bits per heavy atom. The maximum atomic E-state index is 5.93. The van der Waals surface area contributed by atoms with E-state index >= 15 is 0 Å². The highest BCUT2D eigenvalue weighted by molar-refractivity contribution is 9.11. The minimum atomic E-state index is 0.229. The van der Waals surface area contributed by atoms with E-state index in [0.717, 1.165) is 39.5 Å². The van der Waals surface area contributed by atoms with E-state index in [1.165, 1.54) is 0 Å². The fourth-order valence-corrected chi connectivity index (χ4v) is 3.62. The van der Waals surface area contributed by atoms with Gasteiger partial charge in [0.2, 0.25) is 0 Å². The van der Waals surface area contributed by atoms with Crippen LogP contribution in [0, 0.1) is 5.41 Å². The summed E-state index contributed by atoms with van der Waals surface area (Å²) in [4.78, 5) is 0. The number of rotatable bonds is 6. The van der Waals surface area contributed by atoms with E-state index in [-0.39, 0.29) is 5.41 Å². The number of hydrogen-bond acceptors (Lipinski definition) is 1. The van der Waals surface area contributed by atoms with Gasteiger partial charge in [-0.25, -0.2) is 0 Å². The number of benzene rings is 1. The Morgan fingerprint density at radius 1 is 1.18 bits per heavy atom. The van der Waals surface area contributed by atoms with Crippen molar-refractivity contribution >= 4 is 47.8 Å². The lowest BCUT2D eigenvalue weighted by atomic mass is 9.86. The van der Waals surface area contributed by atoms with Gasteiger partial charge in [0, 0.05) is 15.2 Å². The van der Waals surface area contributed by atoms with Crippen LogP contribution in [0.25, 0.3) is 0 Å². The van der Waals surface area contributed by atoms with E-state index in [9.17, 15) is 0 Å². The second kappa shape index (κ2) is 7.15. The van der Waals surface area contributed by atoms with Crippen LogP contribution < -0.4 is 4.74 Å². The molecule has 0 amide bonds. The second-order valence-electron chi connectivity index (χ2n) is 4.20. The third-order valence-electron chi connectivity index (χ3n) is 3.21. The molecule has 0 saturated carbocycles. The second-order valence-corrected chi connectivity index (χ2v) is 6.53. The van der Waals surface area contributed by atoms with Crippen molar-refractivity contribution in [2.75, 3.05) is 11.9 Å². The van der Waals surface area contributed by atoms with Crippen molar-refractivity contribution in [3.05, 3.63) is 27.1 Å². The van der Waals surface area contributed by atoms with Gasteiger partial charge in [-0.05, 0) is 47.0 Å². The largest absolute Gasteiger partial charge is 0.492 e. The van der Waals surface area contributed by atoms with Gasteiger partial charge in [-0.1, -0.05) is 45.7 Å². The standard InChI is InChI=1S/C13H17Br3O/c1-3-13(4-2,8-14)9-17-12-6-5-10(15)7-11(12)16/h5-7H,3-4,8-9H2,1-2H3. The van der Waals surface area contributed by atoms with Crippen LogP contribution in [0.5, 0.6) is 5.75 Å². The van der Waals surface area contributed by atoms with Gasteiger partial charge in [-0.2, -0.15) is 0 Å². The summed E-state index contributed by atoms with van der Waals surface area (Å²) >= 11 is 10.5. The number of alkyl halides is 1. The molecule has 1 aromatic carbocycles. The third kappa shape index (κ3) is 4.25. The van der Waals surface area contributed by atoms with E-state index in [1.807, 2.05) is 18.2 Å². The van der Waals surface area contributed by atoms with Gasteiger partial charge < -0.3 is 4.74 Å². The zero-order valence-corrected chi connectivity index (χ0v) is 14.9. The number of halogens is 3. The van der Waals surface area contributed by atoms with Gasteiger partial charge in [0.05, 0.1) is 11.1 Å². The molecule has 0 heterocycles. The Balaban J connectivity index is 2.72. The summed E-state index contributed by atoms with van der Waals surface area (Å²) in [6, 6.07) is 5.98. The predicted octanol–water partition coefficient (Wildman–Crippen LogP) is 5.79. The lowest BCUT2D eigenvalue weighted by Crippen LogP contribution is -2.29. The molecule has 1 nitrogen and oxygen atoms in total. The molecule has 0 fully saturated rings. The van der Waals surface area contributed by atoms with Crippen LogP contribution in [-0.4, -0.2) is 11.9 Å². The van der Waals surface area contributed by atoms with Crippen molar-refractivity contribution in [1.29, 1.82) is 0 Å². The van der Waals surface area contributed by atoms with Crippen LogP contribution in [0.1, 0.15) is 26.7 Å². The first-order chi connectivity index (χ1) is 8.06. The highest BCUT2D eigenvalue weighted by atomic mass is 79.9. The van der Waals surface area contributed by atoms with Crippen LogP contribution in [0.2, 0.25) is 0 Å². The maximum absolute atomic E-state index is 5.93. The highest BCUT2D eigenvalue weighted by Gasteiger charge is 2.26. The summed E-state index contributed by atoms with van der Waals surface area (Å²) in [6.45, 7) is 5.17. The first-order valence-corrected chi connectivity index (χ1v) is 8.41. The molecule has 0 bridgehead atoms. The van der Waals surface area contributed by atoms with Crippen molar-refractivity contribution < 1.29 is 4.74 Å². The van der Waals surface area contributed by atoms with Gasteiger partial charge in [-0.15, -0.1) is 0 Å². The molecule has 0 aliphatic rings. The Labute approximate surface area is 129 Å². The monoisotopic (exact) mass is 426 g/mol. The SMILES string of the molecule is CCC(CC)(CBr)COc1ccc(Br)cc1Br. The number of ether oxygens (including phenoxy) is 1. The Kier molecular flexibility index (Phi) is 6.52. The topological polar surface area (TPSA) is 9.23 Å². The normalized spacial score (nSPS) is 11.6. The van der Waals surface area contributed by atoms with E-state index in [2.05, 4.69) is 61.6 Å². The molecule has 0 unspecified atom stereocenters. The van der Waals surface area contributed by atoms with E-state index in [1.54, 1.807) is 0 Å². The fraction of sp³-hybridized carbons (Fsp3) is 0.538. The van der Waals surface area contributed by atoms with Gasteiger partial charge in [-0.3, -0.25) is 0 Å². The van der Waals surface area contributed by atoms with Crippen molar-refractivity contribution in [2.24, 2.45) is 5.41 Å². The van der Waals surface area contributed by atoms with Crippen LogP contribution >= 0.6 is 47.8 Å². The van der Waals surface area contributed by atoms with Gasteiger partial charge in [0.25, 0.3) is 0 Å². The smallest absolute Gasteiger partial charge is 0.133 e. The summed E-state index contributed by atoms with van der Waals surface area (Å²) in [6.07, 6.45) is 2.23. The Morgan fingerprint density at radius 3 is 2.29 bits per heavy atom. The minimum absolute atomic E-state index is 0.229. The quantitative estimate of drug-likeness (QED) is 0.521. The first kappa shape index (κ1) is 15.5. The van der Waals surface area contributed by atoms with Crippen molar-refractivity contribution in [3.63, 3.8) is 0 Å². The van der Waals surface area contributed by atoms with Crippen molar-refractivity contribution in [3.8, 4) is 5.75 Å². The Bertz CT molecular complexity index is 353. The summed E-state index contributed by atoms with van der Waals surface area (Å²) in [5.74, 6) is 0.903. The van der Waals surface area contributed by atoms with Gasteiger partial charge in [0.15, 0.2) is 0 Å². The fourth-order valence-electron chi connectivity index (χ4n) is 1.50. The lowest BCUT2D eigenvalue weighted by Gasteiger charge is -2.29. The summed E-state index contributed by atoms with van der Waals surface area (Å²) in [7, 11) is 0. The van der Waals surface area contributed by atoms with Gasteiger partial charge in [0.1, 0.15) is 5.75 Å². The molecular weight excluding hydrogens is 412 g/mol. The molecule has 96 valence electrons. The average molecular weight is 429 g/mol. The molecule has 1 aromatic rings. The molecule has 0 N–H and O–H groups in total. The predicted molar refractivity (Wildman–Crippen MR) is 84.1 cm³/mol. The summed E-state index contributed by atoms with van der Waals surface area (Å²) in [5.41, 5.74) is 0.229. The molecule has 1 rings (SSSR count). The third-order valence-corrected chi connectivity index (χ3v) is 5.51. The van der Waals surface area contributed by atoms with Crippen molar-refractivity contribution in [2.45, 2.75) is 26.7 Å². The number of hydrogen-bond donors (Lipinski definition) is 0. The molecule has 0 atom stereocenters. The van der Waals surface area contributed by atoms with Crippen LogP contribution in [0.4, 0.5) is 0 Å². The molecule has 0 aliphatic heterocycles. The van der Waals surface area contributed by atoms with Gasteiger partial charge >= 0.3 is 0 Å².